The number of ketones is 1. The largest absolute Gasteiger partial charge is 0.469 e. The highest BCUT2D eigenvalue weighted by Gasteiger charge is 2.09. The molecule has 1 aromatic rings. The van der Waals surface area contributed by atoms with Crippen molar-refractivity contribution in [3.05, 3.63) is 35.4 Å². The van der Waals surface area contributed by atoms with Crippen molar-refractivity contribution < 1.29 is 23.1 Å². The molecule has 3 nitrogen and oxygen atoms in total. The molecule has 0 saturated carbocycles. The van der Waals surface area contributed by atoms with E-state index in [1.54, 1.807) is 0 Å². The second-order valence-electron chi connectivity index (χ2n) is 3.57. The molecule has 0 fully saturated rings. The Balaban J connectivity index is 2.53. The molecule has 0 amide bonds. The lowest BCUT2D eigenvalue weighted by Gasteiger charge is -2.02. The lowest BCUT2D eigenvalue weighted by molar-refractivity contribution is -0.141. The van der Waals surface area contributed by atoms with Gasteiger partial charge in [-0.3, -0.25) is 9.59 Å². The number of benzene rings is 1. The Morgan fingerprint density at radius 3 is 2.24 bits per heavy atom. The summed E-state index contributed by atoms with van der Waals surface area (Å²) in [6.07, 6.45) is -0.108. The van der Waals surface area contributed by atoms with E-state index >= 15 is 0 Å². The number of halogens is 2. The van der Waals surface area contributed by atoms with Crippen LogP contribution in [0.15, 0.2) is 18.2 Å². The summed E-state index contributed by atoms with van der Waals surface area (Å²) in [5.41, 5.74) is 0.261. The molecule has 0 aliphatic heterocycles. The number of rotatable bonds is 5. The number of ether oxygens (including phenoxy) is 1. The van der Waals surface area contributed by atoms with Gasteiger partial charge in [-0.2, -0.15) is 0 Å². The molecular formula is C12H12F2O3. The monoisotopic (exact) mass is 242 g/mol. The topological polar surface area (TPSA) is 43.4 Å². The van der Waals surface area contributed by atoms with Gasteiger partial charge in [-0.1, -0.05) is 0 Å². The summed E-state index contributed by atoms with van der Waals surface area (Å²) in [5, 5.41) is 0. The minimum Gasteiger partial charge on any atom is -0.469 e. The number of hydrogen-bond donors (Lipinski definition) is 0. The molecule has 0 radical (unpaired) electrons. The van der Waals surface area contributed by atoms with Gasteiger partial charge in [0, 0.05) is 18.9 Å². The SMILES string of the molecule is COC(=O)CCC(=O)Cc1cc(F)cc(F)c1. The molecule has 0 aliphatic rings. The maximum atomic E-state index is 12.8. The van der Waals surface area contributed by atoms with Gasteiger partial charge in [-0.25, -0.2) is 8.78 Å². The maximum Gasteiger partial charge on any atom is 0.305 e. The van der Waals surface area contributed by atoms with Gasteiger partial charge in [0.05, 0.1) is 13.5 Å². The van der Waals surface area contributed by atoms with E-state index in [4.69, 9.17) is 0 Å². The van der Waals surface area contributed by atoms with E-state index < -0.39 is 17.6 Å². The quantitative estimate of drug-likeness (QED) is 0.742. The van der Waals surface area contributed by atoms with Crippen LogP contribution in [0, 0.1) is 11.6 Å². The van der Waals surface area contributed by atoms with E-state index in [1.807, 2.05) is 0 Å². The number of esters is 1. The number of methoxy groups -OCH3 is 1. The van der Waals surface area contributed by atoms with Crippen LogP contribution >= 0.6 is 0 Å². The Kier molecular flexibility index (Phi) is 4.75. The normalized spacial score (nSPS) is 10.1. The molecule has 0 spiro atoms. The van der Waals surface area contributed by atoms with Crippen LogP contribution in [0.2, 0.25) is 0 Å². The molecule has 0 atom stereocenters. The minimum absolute atomic E-state index is 0.00477. The molecule has 5 heteroatoms. The number of Topliss-reactive ketones (excluding diaryl/α,β-unsaturated/α-hetero) is 1. The Morgan fingerprint density at radius 1 is 1.12 bits per heavy atom. The van der Waals surface area contributed by atoms with Crippen LogP contribution < -0.4 is 0 Å². The molecule has 0 heterocycles. The highest BCUT2D eigenvalue weighted by Crippen LogP contribution is 2.10. The molecular weight excluding hydrogens is 230 g/mol. The van der Waals surface area contributed by atoms with Gasteiger partial charge in [-0.15, -0.1) is 0 Å². The lowest BCUT2D eigenvalue weighted by atomic mass is 10.1. The zero-order chi connectivity index (χ0) is 12.8. The van der Waals surface area contributed by atoms with Crippen LogP contribution in [0.5, 0.6) is 0 Å². The van der Waals surface area contributed by atoms with E-state index in [1.165, 1.54) is 7.11 Å². The first-order chi connectivity index (χ1) is 8.01. The molecule has 92 valence electrons. The van der Waals surface area contributed by atoms with Crippen molar-refractivity contribution in [2.45, 2.75) is 19.3 Å². The highest BCUT2D eigenvalue weighted by atomic mass is 19.1. The fourth-order valence-electron chi connectivity index (χ4n) is 1.37. The summed E-state index contributed by atoms with van der Waals surface area (Å²) in [7, 11) is 1.23. The van der Waals surface area contributed by atoms with Crippen molar-refractivity contribution in [2.24, 2.45) is 0 Å². The Morgan fingerprint density at radius 2 is 1.71 bits per heavy atom. The van der Waals surface area contributed by atoms with Gasteiger partial charge in [0.1, 0.15) is 17.4 Å². The molecule has 17 heavy (non-hydrogen) atoms. The number of hydrogen-bond acceptors (Lipinski definition) is 3. The fraction of sp³-hybridized carbons (Fsp3) is 0.333. The summed E-state index contributed by atoms with van der Waals surface area (Å²) in [6.45, 7) is 0. The van der Waals surface area contributed by atoms with Crippen LogP contribution in [-0.2, 0) is 20.7 Å². The van der Waals surface area contributed by atoms with Crippen LogP contribution in [0.4, 0.5) is 8.78 Å². The van der Waals surface area contributed by atoms with Crippen LogP contribution in [0.1, 0.15) is 18.4 Å². The van der Waals surface area contributed by atoms with Gasteiger partial charge < -0.3 is 4.74 Å². The molecule has 0 bridgehead atoms. The van der Waals surface area contributed by atoms with E-state index in [0.29, 0.717) is 0 Å². The summed E-state index contributed by atoms with van der Waals surface area (Å²) < 4.78 is 30.0. The summed E-state index contributed by atoms with van der Waals surface area (Å²) >= 11 is 0. The molecule has 1 aromatic carbocycles. The van der Waals surface area contributed by atoms with Crippen LogP contribution in [0.25, 0.3) is 0 Å². The fourth-order valence-corrected chi connectivity index (χ4v) is 1.37. The van der Waals surface area contributed by atoms with Gasteiger partial charge in [0.2, 0.25) is 0 Å². The van der Waals surface area contributed by atoms with Gasteiger partial charge in [0.15, 0.2) is 0 Å². The molecule has 0 unspecified atom stereocenters. The molecule has 0 N–H and O–H groups in total. The van der Waals surface area contributed by atoms with Crippen molar-refractivity contribution in [3.8, 4) is 0 Å². The number of carbonyl (C=O) groups is 2. The van der Waals surface area contributed by atoms with Crippen LogP contribution in [-0.4, -0.2) is 18.9 Å². The molecule has 0 aromatic heterocycles. The Bertz CT molecular complexity index is 410. The zero-order valence-corrected chi connectivity index (χ0v) is 9.33. The first-order valence-electron chi connectivity index (χ1n) is 5.04. The van der Waals surface area contributed by atoms with Crippen LogP contribution in [0.3, 0.4) is 0 Å². The van der Waals surface area contributed by atoms with Crippen molar-refractivity contribution in [1.82, 2.24) is 0 Å². The molecule has 1 rings (SSSR count). The summed E-state index contributed by atoms with van der Waals surface area (Å²) in [5.74, 6) is -2.19. The second kappa shape index (κ2) is 6.08. The Labute approximate surface area is 97.4 Å². The average Bonchev–Trinajstić information content (AvgIpc) is 2.24. The standard InChI is InChI=1S/C12H12F2O3/c1-17-12(16)3-2-11(15)6-8-4-9(13)7-10(14)5-8/h4-5,7H,2-3,6H2,1H3. The predicted molar refractivity (Wildman–Crippen MR) is 56.3 cm³/mol. The Hall–Kier alpha value is -1.78. The van der Waals surface area contributed by atoms with Crippen molar-refractivity contribution in [1.29, 1.82) is 0 Å². The highest BCUT2D eigenvalue weighted by molar-refractivity contribution is 5.84. The maximum absolute atomic E-state index is 12.8. The smallest absolute Gasteiger partial charge is 0.305 e. The van der Waals surface area contributed by atoms with Gasteiger partial charge in [-0.05, 0) is 17.7 Å². The average molecular weight is 242 g/mol. The first kappa shape index (κ1) is 13.3. The third kappa shape index (κ3) is 4.72. The lowest BCUT2D eigenvalue weighted by Crippen LogP contribution is -2.08. The molecule has 0 aliphatic carbocycles. The van der Waals surface area contributed by atoms with Gasteiger partial charge >= 0.3 is 5.97 Å². The predicted octanol–water partition coefficient (Wildman–Crippen LogP) is 2.03. The van der Waals surface area contributed by atoms with E-state index in [2.05, 4.69) is 4.74 Å². The minimum atomic E-state index is -0.722. The second-order valence-corrected chi connectivity index (χ2v) is 3.57. The molecule has 0 saturated heterocycles. The first-order valence-corrected chi connectivity index (χ1v) is 5.04. The van der Waals surface area contributed by atoms with Crippen molar-refractivity contribution in [3.63, 3.8) is 0 Å². The zero-order valence-electron chi connectivity index (χ0n) is 9.33. The van der Waals surface area contributed by atoms with Crippen molar-refractivity contribution in [2.75, 3.05) is 7.11 Å². The summed E-state index contributed by atoms with van der Waals surface area (Å²) in [4.78, 5) is 22.2. The van der Waals surface area contributed by atoms with E-state index in [0.717, 1.165) is 18.2 Å². The van der Waals surface area contributed by atoms with Gasteiger partial charge in [0.25, 0.3) is 0 Å². The third-order valence-corrected chi connectivity index (χ3v) is 2.16. The summed E-state index contributed by atoms with van der Waals surface area (Å²) in [6, 6.07) is 2.93. The van der Waals surface area contributed by atoms with E-state index in [-0.39, 0.29) is 30.6 Å². The third-order valence-electron chi connectivity index (χ3n) is 2.16. The number of carbonyl (C=O) groups excluding carboxylic acids is 2. The van der Waals surface area contributed by atoms with E-state index in [9.17, 15) is 18.4 Å². The van der Waals surface area contributed by atoms with Crippen molar-refractivity contribution >= 4 is 11.8 Å².